The van der Waals surface area contributed by atoms with Gasteiger partial charge in [-0.1, -0.05) is 0 Å². The van der Waals surface area contributed by atoms with Crippen LogP contribution in [-0.2, 0) is 11.2 Å². The number of aromatic nitrogens is 3. The molecule has 0 bridgehead atoms. The van der Waals surface area contributed by atoms with Crippen LogP contribution in [0.3, 0.4) is 0 Å². The van der Waals surface area contributed by atoms with E-state index in [1.807, 2.05) is 18.3 Å². The van der Waals surface area contributed by atoms with E-state index in [4.69, 9.17) is 10.00 Å². The third-order valence-electron chi connectivity index (χ3n) is 4.84. The SMILES string of the molecule is COCCCc1cnc(Nc2cnc(C#N)cn2)cc1NCC1CCNCC1. The third kappa shape index (κ3) is 5.87. The van der Waals surface area contributed by atoms with Crippen LogP contribution in [0, 0.1) is 17.2 Å². The van der Waals surface area contributed by atoms with Crippen molar-refractivity contribution in [2.75, 3.05) is 44.0 Å². The van der Waals surface area contributed by atoms with Crippen molar-refractivity contribution in [1.29, 1.82) is 5.26 Å². The highest BCUT2D eigenvalue weighted by Gasteiger charge is 2.14. The molecule has 0 aliphatic carbocycles. The van der Waals surface area contributed by atoms with Gasteiger partial charge >= 0.3 is 0 Å². The first-order chi connectivity index (χ1) is 13.8. The Kier molecular flexibility index (Phi) is 7.53. The fraction of sp³-hybridized carbons (Fsp3) is 0.500. The van der Waals surface area contributed by atoms with Gasteiger partial charge in [0.1, 0.15) is 17.7 Å². The van der Waals surface area contributed by atoms with Crippen molar-refractivity contribution < 1.29 is 4.74 Å². The van der Waals surface area contributed by atoms with Crippen molar-refractivity contribution in [3.63, 3.8) is 0 Å². The average Bonchev–Trinajstić information content (AvgIpc) is 2.75. The van der Waals surface area contributed by atoms with Crippen molar-refractivity contribution >= 4 is 17.3 Å². The lowest BCUT2D eigenvalue weighted by Crippen LogP contribution is -2.31. The first-order valence-corrected chi connectivity index (χ1v) is 9.70. The lowest BCUT2D eigenvalue weighted by Gasteiger charge is -2.24. The molecular weight excluding hydrogens is 354 g/mol. The summed E-state index contributed by atoms with van der Waals surface area (Å²) >= 11 is 0. The Hall–Kier alpha value is -2.76. The number of hydrogen-bond acceptors (Lipinski definition) is 8. The Labute approximate surface area is 165 Å². The molecule has 1 saturated heterocycles. The highest BCUT2D eigenvalue weighted by molar-refractivity contribution is 5.61. The lowest BCUT2D eigenvalue weighted by atomic mass is 9.98. The second-order valence-corrected chi connectivity index (χ2v) is 6.92. The summed E-state index contributed by atoms with van der Waals surface area (Å²) in [5.74, 6) is 1.94. The molecule has 28 heavy (non-hydrogen) atoms. The number of hydrogen-bond donors (Lipinski definition) is 3. The zero-order valence-electron chi connectivity index (χ0n) is 16.2. The normalized spacial score (nSPS) is 14.4. The minimum atomic E-state index is 0.288. The van der Waals surface area contributed by atoms with E-state index in [1.54, 1.807) is 7.11 Å². The van der Waals surface area contributed by atoms with E-state index >= 15 is 0 Å². The second-order valence-electron chi connectivity index (χ2n) is 6.92. The summed E-state index contributed by atoms with van der Waals surface area (Å²) in [6.07, 6.45) is 9.14. The summed E-state index contributed by atoms with van der Waals surface area (Å²) < 4.78 is 5.18. The van der Waals surface area contributed by atoms with Gasteiger partial charge in [0.15, 0.2) is 5.69 Å². The van der Waals surface area contributed by atoms with Crippen molar-refractivity contribution in [1.82, 2.24) is 20.3 Å². The molecule has 0 unspecified atom stereocenters. The van der Waals surface area contributed by atoms with Gasteiger partial charge in [-0.15, -0.1) is 0 Å². The van der Waals surface area contributed by atoms with Crippen LogP contribution in [0.4, 0.5) is 17.3 Å². The molecule has 1 aliphatic heterocycles. The van der Waals surface area contributed by atoms with Gasteiger partial charge in [0.05, 0.1) is 12.4 Å². The fourth-order valence-electron chi connectivity index (χ4n) is 3.24. The quantitative estimate of drug-likeness (QED) is 0.569. The largest absolute Gasteiger partial charge is 0.385 e. The number of rotatable bonds is 9. The predicted octanol–water partition coefficient (Wildman–Crippen LogP) is 2.48. The topological polar surface area (TPSA) is 108 Å². The van der Waals surface area contributed by atoms with E-state index in [9.17, 15) is 0 Å². The Balaban J connectivity index is 1.70. The number of anilines is 3. The molecule has 148 valence electrons. The van der Waals surface area contributed by atoms with E-state index in [1.165, 1.54) is 30.8 Å². The molecule has 1 fully saturated rings. The smallest absolute Gasteiger partial charge is 0.158 e. The minimum Gasteiger partial charge on any atom is -0.385 e. The highest BCUT2D eigenvalue weighted by Crippen LogP contribution is 2.23. The maximum absolute atomic E-state index is 8.83. The molecule has 8 nitrogen and oxygen atoms in total. The van der Waals surface area contributed by atoms with Crippen LogP contribution in [0.5, 0.6) is 0 Å². The van der Waals surface area contributed by atoms with Gasteiger partial charge < -0.3 is 20.7 Å². The van der Waals surface area contributed by atoms with Crippen LogP contribution < -0.4 is 16.0 Å². The summed E-state index contributed by atoms with van der Waals surface area (Å²) in [7, 11) is 1.72. The van der Waals surface area contributed by atoms with Gasteiger partial charge in [0.2, 0.25) is 0 Å². The molecule has 0 amide bonds. The first-order valence-electron chi connectivity index (χ1n) is 9.70. The zero-order valence-corrected chi connectivity index (χ0v) is 16.2. The standard InChI is InChI=1S/C20H27N7O/c1-28-8-2-3-16-12-25-19(27-20-14-23-17(10-21)13-26-20)9-18(16)24-11-15-4-6-22-7-5-15/h9,12-15,22H,2-8,11H2,1H3,(H2,24,25,26,27). The molecule has 0 saturated carbocycles. The van der Waals surface area contributed by atoms with Crippen LogP contribution in [0.15, 0.2) is 24.7 Å². The van der Waals surface area contributed by atoms with Crippen molar-refractivity contribution in [2.24, 2.45) is 5.92 Å². The summed E-state index contributed by atoms with van der Waals surface area (Å²) in [5.41, 5.74) is 2.56. The number of methoxy groups -OCH3 is 1. The molecule has 0 spiro atoms. The third-order valence-corrected chi connectivity index (χ3v) is 4.84. The molecular formula is C20H27N7O. The molecule has 2 aromatic rings. The second kappa shape index (κ2) is 10.5. The van der Waals surface area contributed by atoms with E-state index in [2.05, 4.69) is 30.9 Å². The highest BCUT2D eigenvalue weighted by atomic mass is 16.5. The van der Waals surface area contributed by atoms with Gasteiger partial charge in [-0.05, 0) is 50.3 Å². The number of nitrogens with zero attached hydrogens (tertiary/aromatic N) is 4. The summed E-state index contributed by atoms with van der Waals surface area (Å²) in [6, 6.07) is 3.98. The number of aryl methyl sites for hydroxylation is 1. The first kappa shape index (κ1) is 20.0. The number of ether oxygens (including phenoxy) is 1. The van der Waals surface area contributed by atoms with Crippen LogP contribution in [0.2, 0.25) is 0 Å². The summed E-state index contributed by atoms with van der Waals surface area (Å²) in [6.45, 7) is 3.87. The van der Waals surface area contributed by atoms with Gasteiger partial charge in [-0.2, -0.15) is 5.26 Å². The maximum atomic E-state index is 8.83. The van der Waals surface area contributed by atoms with E-state index in [0.29, 0.717) is 17.6 Å². The van der Waals surface area contributed by atoms with Gasteiger partial charge in [-0.3, -0.25) is 0 Å². The molecule has 0 aromatic carbocycles. The number of nitrogens with one attached hydrogen (secondary N) is 3. The Morgan fingerprint density at radius 3 is 2.71 bits per heavy atom. The lowest BCUT2D eigenvalue weighted by molar-refractivity contribution is 0.195. The molecule has 1 aliphatic rings. The van der Waals surface area contributed by atoms with E-state index < -0.39 is 0 Å². The van der Waals surface area contributed by atoms with Crippen LogP contribution in [-0.4, -0.2) is 48.3 Å². The van der Waals surface area contributed by atoms with Gasteiger partial charge in [0.25, 0.3) is 0 Å². The van der Waals surface area contributed by atoms with Crippen LogP contribution >= 0.6 is 0 Å². The van der Waals surface area contributed by atoms with Crippen molar-refractivity contribution in [3.05, 3.63) is 35.9 Å². The molecule has 3 heterocycles. The Morgan fingerprint density at radius 1 is 1.18 bits per heavy atom. The average molecular weight is 381 g/mol. The number of nitriles is 1. The number of pyridine rings is 1. The van der Waals surface area contributed by atoms with E-state index in [-0.39, 0.29) is 5.69 Å². The van der Waals surface area contributed by atoms with Crippen molar-refractivity contribution in [3.8, 4) is 6.07 Å². The monoisotopic (exact) mass is 381 g/mol. The van der Waals surface area contributed by atoms with Crippen LogP contribution in [0.1, 0.15) is 30.5 Å². The predicted molar refractivity (Wildman–Crippen MR) is 109 cm³/mol. The summed E-state index contributed by atoms with van der Waals surface area (Å²) in [4.78, 5) is 12.7. The molecule has 2 aromatic heterocycles. The van der Waals surface area contributed by atoms with Crippen molar-refractivity contribution in [2.45, 2.75) is 25.7 Å². The Bertz CT molecular complexity index is 782. The molecule has 0 atom stereocenters. The fourth-order valence-corrected chi connectivity index (χ4v) is 3.24. The molecule has 8 heteroatoms. The minimum absolute atomic E-state index is 0.288. The van der Waals surface area contributed by atoms with Gasteiger partial charge in [0, 0.05) is 38.2 Å². The van der Waals surface area contributed by atoms with Crippen LogP contribution in [0.25, 0.3) is 0 Å². The zero-order chi connectivity index (χ0) is 19.6. The molecule has 0 radical (unpaired) electrons. The molecule has 3 N–H and O–H groups in total. The van der Waals surface area contributed by atoms with E-state index in [0.717, 1.165) is 44.8 Å². The maximum Gasteiger partial charge on any atom is 0.158 e. The Morgan fingerprint density at radius 2 is 2.00 bits per heavy atom. The number of piperidine rings is 1. The summed E-state index contributed by atoms with van der Waals surface area (Å²) in [5, 5.41) is 19.0. The molecule has 3 rings (SSSR count). The van der Waals surface area contributed by atoms with Gasteiger partial charge in [-0.25, -0.2) is 15.0 Å².